The fourth-order valence-electron chi connectivity index (χ4n) is 3.42. The molecule has 2 aromatic carbocycles. The van der Waals surface area contributed by atoms with E-state index in [2.05, 4.69) is 22.3 Å². The first-order valence-corrected chi connectivity index (χ1v) is 9.41. The van der Waals surface area contributed by atoms with Gasteiger partial charge >= 0.3 is 0 Å². The van der Waals surface area contributed by atoms with Gasteiger partial charge in [-0.15, -0.1) is 0 Å². The number of piperidine rings is 1. The molecule has 1 N–H and O–H groups in total. The number of carbonyl (C=O) groups is 1. The number of rotatable bonds is 7. The van der Waals surface area contributed by atoms with E-state index in [-0.39, 0.29) is 5.91 Å². The van der Waals surface area contributed by atoms with Crippen molar-refractivity contribution in [2.24, 2.45) is 5.92 Å². The van der Waals surface area contributed by atoms with Gasteiger partial charge in [0, 0.05) is 25.8 Å². The van der Waals surface area contributed by atoms with Crippen molar-refractivity contribution >= 4 is 5.91 Å². The van der Waals surface area contributed by atoms with Gasteiger partial charge < -0.3 is 15.0 Å². The number of methoxy groups -OCH3 is 1. The normalized spacial score (nSPS) is 15.7. The minimum absolute atomic E-state index is 0.0198. The van der Waals surface area contributed by atoms with Crippen LogP contribution in [0, 0.1) is 5.92 Å². The summed E-state index contributed by atoms with van der Waals surface area (Å²) in [5.41, 5.74) is 3.02. The summed E-state index contributed by atoms with van der Waals surface area (Å²) in [5.74, 6) is 0.591. The molecule has 0 atom stereocenters. The highest BCUT2D eigenvalue weighted by atomic mass is 16.5. The summed E-state index contributed by atoms with van der Waals surface area (Å²) >= 11 is 0. The Kier molecular flexibility index (Phi) is 6.81. The average molecular weight is 352 g/mol. The van der Waals surface area contributed by atoms with Crippen molar-refractivity contribution < 1.29 is 9.53 Å². The van der Waals surface area contributed by atoms with Crippen LogP contribution in [-0.4, -0.2) is 50.7 Å². The fourth-order valence-corrected chi connectivity index (χ4v) is 3.42. The number of likely N-dealkylation sites (tertiary alicyclic amines) is 1. The number of benzene rings is 2. The molecule has 4 heteroatoms. The van der Waals surface area contributed by atoms with Crippen molar-refractivity contribution in [3.05, 3.63) is 60.2 Å². The molecule has 0 aliphatic carbocycles. The number of ether oxygens (including phenoxy) is 1. The summed E-state index contributed by atoms with van der Waals surface area (Å²) in [6.45, 7) is 4.74. The summed E-state index contributed by atoms with van der Waals surface area (Å²) in [6.07, 6.45) is 2.27. The predicted octanol–water partition coefficient (Wildman–Crippen LogP) is 3.44. The maximum atomic E-state index is 12.4. The molecule has 0 saturated carbocycles. The highest BCUT2D eigenvalue weighted by Crippen LogP contribution is 2.20. The molecule has 26 heavy (non-hydrogen) atoms. The molecule has 0 unspecified atom stereocenters. The van der Waals surface area contributed by atoms with Gasteiger partial charge in [-0.1, -0.05) is 42.5 Å². The maximum Gasteiger partial charge on any atom is 0.251 e. The van der Waals surface area contributed by atoms with Gasteiger partial charge in [0.15, 0.2) is 0 Å². The summed E-state index contributed by atoms with van der Waals surface area (Å²) < 4.78 is 5.14. The monoisotopic (exact) mass is 352 g/mol. The molecule has 0 spiro atoms. The Morgan fingerprint density at radius 1 is 1.04 bits per heavy atom. The summed E-state index contributed by atoms with van der Waals surface area (Å²) in [7, 11) is 1.74. The van der Waals surface area contributed by atoms with Gasteiger partial charge in [-0.05, 0) is 55.1 Å². The fraction of sp³-hybridized carbons (Fsp3) is 0.409. The third-order valence-corrected chi connectivity index (χ3v) is 5.12. The van der Waals surface area contributed by atoms with Gasteiger partial charge in [0.2, 0.25) is 0 Å². The van der Waals surface area contributed by atoms with Gasteiger partial charge in [0.1, 0.15) is 0 Å². The topological polar surface area (TPSA) is 41.6 Å². The molecule has 2 aromatic rings. The van der Waals surface area contributed by atoms with Gasteiger partial charge in [-0.3, -0.25) is 4.79 Å². The lowest BCUT2D eigenvalue weighted by Gasteiger charge is -2.31. The lowest BCUT2D eigenvalue weighted by Crippen LogP contribution is -2.39. The van der Waals surface area contributed by atoms with Gasteiger partial charge in [-0.2, -0.15) is 0 Å². The van der Waals surface area contributed by atoms with Crippen LogP contribution < -0.4 is 5.32 Å². The first kappa shape index (κ1) is 18.6. The number of carbonyl (C=O) groups excluding carboxylic acids is 1. The first-order chi connectivity index (χ1) is 12.8. The minimum Gasteiger partial charge on any atom is -0.383 e. The molecule has 4 nitrogen and oxygen atoms in total. The Bertz CT molecular complexity index is 677. The van der Waals surface area contributed by atoms with Crippen molar-refractivity contribution in [1.29, 1.82) is 0 Å². The van der Waals surface area contributed by atoms with Crippen LogP contribution in [0.3, 0.4) is 0 Å². The highest BCUT2D eigenvalue weighted by Gasteiger charge is 2.19. The minimum atomic E-state index is 0.0198. The molecule has 1 aliphatic rings. The van der Waals surface area contributed by atoms with Crippen molar-refractivity contribution in [1.82, 2.24) is 10.2 Å². The van der Waals surface area contributed by atoms with Gasteiger partial charge in [-0.25, -0.2) is 0 Å². The smallest absolute Gasteiger partial charge is 0.251 e. The van der Waals surface area contributed by atoms with Gasteiger partial charge in [0.05, 0.1) is 6.61 Å². The van der Waals surface area contributed by atoms with E-state index in [0.29, 0.717) is 5.92 Å². The van der Waals surface area contributed by atoms with Crippen molar-refractivity contribution in [3.63, 3.8) is 0 Å². The quantitative estimate of drug-likeness (QED) is 0.830. The van der Waals surface area contributed by atoms with E-state index in [1.165, 1.54) is 5.56 Å². The maximum absolute atomic E-state index is 12.4. The van der Waals surface area contributed by atoms with E-state index in [4.69, 9.17) is 4.74 Å². The molecule has 1 aliphatic heterocycles. The molecular weight excluding hydrogens is 324 g/mol. The number of hydrogen-bond acceptors (Lipinski definition) is 3. The van der Waals surface area contributed by atoms with Crippen LogP contribution in [-0.2, 0) is 4.74 Å². The van der Waals surface area contributed by atoms with E-state index in [1.54, 1.807) is 7.11 Å². The molecule has 138 valence electrons. The standard InChI is InChI=1S/C22H28N2O2/c1-26-16-15-24-13-11-18(12-14-24)17-23-22(25)21-9-7-20(8-10-21)19-5-3-2-4-6-19/h2-10,18H,11-17H2,1H3,(H,23,25). The number of amides is 1. The van der Waals surface area contributed by atoms with Crippen LogP contribution in [0.25, 0.3) is 11.1 Å². The Labute approximate surface area is 156 Å². The number of hydrogen-bond donors (Lipinski definition) is 1. The van der Waals surface area contributed by atoms with E-state index in [9.17, 15) is 4.79 Å². The number of nitrogens with zero attached hydrogens (tertiary/aromatic N) is 1. The third-order valence-electron chi connectivity index (χ3n) is 5.12. The highest BCUT2D eigenvalue weighted by molar-refractivity contribution is 5.94. The molecule has 1 heterocycles. The average Bonchev–Trinajstić information content (AvgIpc) is 2.72. The molecule has 0 radical (unpaired) electrons. The second kappa shape index (κ2) is 9.51. The Morgan fingerprint density at radius 3 is 2.35 bits per heavy atom. The van der Waals surface area contributed by atoms with Crippen LogP contribution in [0.1, 0.15) is 23.2 Å². The van der Waals surface area contributed by atoms with E-state index in [1.807, 2.05) is 42.5 Å². The summed E-state index contributed by atoms with van der Waals surface area (Å²) in [6, 6.07) is 18.1. The van der Waals surface area contributed by atoms with Crippen LogP contribution in [0.2, 0.25) is 0 Å². The van der Waals surface area contributed by atoms with Crippen LogP contribution >= 0.6 is 0 Å². The molecule has 3 rings (SSSR count). The van der Waals surface area contributed by atoms with Crippen molar-refractivity contribution in [3.8, 4) is 11.1 Å². The van der Waals surface area contributed by atoms with E-state index in [0.717, 1.165) is 56.8 Å². The largest absolute Gasteiger partial charge is 0.383 e. The lowest BCUT2D eigenvalue weighted by atomic mass is 9.96. The van der Waals surface area contributed by atoms with Gasteiger partial charge in [0.25, 0.3) is 5.91 Å². The predicted molar refractivity (Wildman–Crippen MR) is 105 cm³/mol. The molecule has 1 fully saturated rings. The second-order valence-electron chi connectivity index (χ2n) is 6.93. The second-order valence-corrected chi connectivity index (χ2v) is 6.93. The molecular formula is C22H28N2O2. The molecule has 0 bridgehead atoms. The zero-order chi connectivity index (χ0) is 18.2. The first-order valence-electron chi connectivity index (χ1n) is 9.41. The molecule has 1 saturated heterocycles. The third kappa shape index (κ3) is 5.16. The van der Waals surface area contributed by atoms with E-state index >= 15 is 0 Å². The summed E-state index contributed by atoms with van der Waals surface area (Å²) in [4.78, 5) is 14.8. The zero-order valence-electron chi connectivity index (χ0n) is 15.5. The Hall–Kier alpha value is -2.17. The van der Waals surface area contributed by atoms with Crippen molar-refractivity contribution in [2.75, 3.05) is 39.9 Å². The zero-order valence-corrected chi connectivity index (χ0v) is 15.5. The van der Waals surface area contributed by atoms with Crippen molar-refractivity contribution in [2.45, 2.75) is 12.8 Å². The molecule has 0 aromatic heterocycles. The lowest BCUT2D eigenvalue weighted by molar-refractivity contribution is 0.0926. The van der Waals surface area contributed by atoms with E-state index < -0.39 is 0 Å². The SMILES string of the molecule is COCCN1CCC(CNC(=O)c2ccc(-c3ccccc3)cc2)CC1. The number of nitrogens with one attached hydrogen (secondary N) is 1. The van der Waals surface area contributed by atoms with Crippen LogP contribution in [0.5, 0.6) is 0 Å². The van der Waals surface area contributed by atoms with Crippen LogP contribution in [0.15, 0.2) is 54.6 Å². The molecule has 1 amide bonds. The Morgan fingerprint density at radius 2 is 1.69 bits per heavy atom. The Balaban J connectivity index is 1.45. The summed E-state index contributed by atoms with van der Waals surface area (Å²) in [5, 5.41) is 3.10. The van der Waals surface area contributed by atoms with Crippen LogP contribution in [0.4, 0.5) is 0 Å².